The van der Waals surface area contributed by atoms with E-state index in [9.17, 15) is 14.4 Å². The molecule has 2 aromatic heterocycles. The fraction of sp³-hybridized carbons (Fsp3) is 0.324. The number of alkyl carbamates (subject to hydrolysis) is 1. The van der Waals surface area contributed by atoms with Gasteiger partial charge in [0.05, 0.1) is 12.6 Å². The number of nitrogens with zero attached hydrogens (tertiary/aromatic N) is 4. The summed E-state index contributed by atoms with van der Waals surface area (Å²) in [5.41, 5.74) is 3.73. The van der Waals surface area contributed by atoms with Gasteiger partial charge in [0, 0.05) is 37.1 Å². The minimum atomic E-state index is -0.653. The highest BCUT2D eigenvalue weighted by molar-refractivity contribution is 6.12. The van der Waals surface area contributed by atoms with E-state index in [1.54, 1.807) is 31.6 Å². The zero-order valence-corrected chi connectivity index (χ0v) is 25.8. The molecule has 0 fully saturated rings. The molecular weight excluding hydrogens is 556 g/mol. The maximum absolute atomic E-state index is 14.1. The molecule has 2 aromatic carbocycles. The van der Waals surface area contributed by atoms with Gasteiger partial charge in [0.25, 0.3) is 11.5 Å². The van der Waals surface area contributed by atoms with Gasteiger partial charge in [-0.1, -0.05) is 55.5 Å². The second kappa shape index (κ2) is 12.7. The van der Waals surface area contributed by atoms with Crippen molar-refractivity contribution in [1.82, 2.24) is 19.9 Å². The van der Waals surface area contributed by atoms with Crippen LogP contribution < -0.4 is 21.1 Å². The van der Waals surface area contributed by atoms with Crippen molar-refractivity contribution in [1.29, 1.82) is 0 Å². The number of hydrogen-bond donors (Lipinski definition) is 2. The number of fused-ring (bicyclic) bond motifs is 1. The molecule has 10 nitrogen and oxygen atoms in total. The Morgan fingerprint density at radius 2 is 1.75 bits per heavy atom. The lowest BCUT2D eigenvalue weighted by Gasteiger charge is -2.25. The van der Waals surface area contributed by atoms with Gasteiger partial charge in [-0.2, -0.15) is 0 Å². The van der Waals surface area contributed by atoms with Gasteiger partial charge >= 0.3 is 6.09 Å². The number of nitrogens with one attached hydrogen (secondary N) is 2. The molecule has 0 radical (unpaired) electrons. The van der Waals surface area contributed by atoms with E-state index in [0.717, 1.165) is 16.7 Å². The molecule has 2 amide bonds. The number of ether oxygens (including phenoxy) is 1. The zero-order valence-electron chi connectivity index (χ0n) is 25.8. The van der Waals surface area contributed by atoms with Crippen molar-refractivity contribution in [2.75, 3.05) is 16.8 Å². The van der Waals surface area contributed by atoms with Crippen LogP contribution in [0.3, 0.4) is 0 Å². The number of benzene rings is 2. The second-order valence-electron chi connectivity index (χ2n) is 11.8. The molecule has 44 heavy (non-hydrogen) atoms. The minimum Gasteiger partial charge on any atom is -0.444 e. The van der Waals surface area contributed by atoms with Crippen molar-refractivity contribution < 1.29 is 14.3 Å². The lowest BCUT2D eigenvalue weighted by molar-refractivity contribution is 0.0506. The molecule has 5 rings (SSSR count). The maximum atomic E-state index is 14.1. The van der Waals surface area contributed by atoms with Crippen molar-refractivity contribution in [3.8, 4) is 11.3 Å². The molecule has 0 spiro atoms. The van der Waals surface area contributed by atoms with Crippen LogP contribution >= 0.6 is 0 Å². The van der Waals surface area contributed by atoms with E-state index in [2.05, 4.69) is 15.6 Å². The summed E-state index contributed by atoms with van der Waals surface area (Å²) in [4.78, 5) is 51.1. The third kappa shape index (κ3) is 6.64. The summed E-state index contributed by atoms with van der Waals surface area (Å²) in [7, 11) is 1.62. The van der Waals surface area contributed by atoms with E-state index in [1.807, 2.05) is 76.2 Å². The third-order valence-corrected chi connectivity index (χ3v) is 7.45. The van der Waals surface area contributed by atoms with Gasteiger partial charge in [-0.15, -0.1) is 0 Å². The van der Waals surface area contributed by atoms with E-state index in [4.69, 9.17) is 9.72 Å². The van der Waals surface area contributed by atoms with Gasteiger partial charge in [0.1, 0.15) is 17.0 Å². The summed E-state index contributed by atoms with van der Waals surface area (Å²) in [6.07, 6.45) is 3.95. The molecule has 1 aliphatic heterocycles. The largest absolute Gasteiger partial charge is 0.444 e. The number of anilines is 2. The topological polar surface area (TPSA) is 118 Å². The first-order valence-electron chi connectivity index (χ1n) is 14.8. The van der Waals surface area contributed by atoms with Gasteiger partial charge in [-0.05, 0) is 62.4 Å². The Kier molecular flexibility index (Phi) is 8.80. The van der Waals surface area contributed by atoms with Crippen LogP contribution in [0.4, 0.5) is 16.4 Å². The number of pyridine rings is 1. The fourth-order valence-electron chi connectivity index (χ4n) is 5.38. The molecule has 1 unspecified atom stereocenters. The quantitative estimate of drug-likeness (QED) is 0.276. The molecule has 1 aliphatic rings. The molecule has 2 N–H and O–H groups in total. The lowest BCUT2D eigenvalue weighted by Crippen LogP contribution is -2.44. The lowest BCUT2D eigenvalue weighted by atomic mass is 10.0. The SMILES string of the molecule is CCc1cccc2c1C(=O)N(c1c(-c3ccncc3)nc(NCC(Cc3ccccc3)NC(=O)OC(C)(C)C)n(C)c1=O)C2. The van der Waals surface area contributed by atoms with Crippen LogP contribution in [0.5, 0.6) is 0 Å². The number of hydrogen-bond acceptors (Lipinski definition) is 7. The average Bonchev–Trinajstić information content (AvgIpc) is 3.33. The monoisotopic (exact) mass is 594 g/mol. The van der Waals surface area contributed by atoms with Crippen LogP contribution in [0.1, 0.15) is 54.7 Å². The number of aromatic nitrogens is 3. The van der Waals surface area contributed by atoms with E-state index >= 15 is 0 Å². The van der Waals surface area contributed by atoms with Crippen LogP contribution in [-0.2, 0) is 31.2 Å². The highest BCUT2D eigenvalue weighted by Gasteiger charge is 2.35. The van der Waals surface area contributed by atoms with Gasteiger partial charge in [-0.3, -0.25) is 24.0 Å². The molecule has 0 saturated heterocycles. The average molecular weight is 595 g/mol. The van der Waals surface area contributed by atoms with E-state index in [0.29, 0.717) is 35.6 Å². The molecule has 0 bridgehead atoms. The first-order chi connectivity index (χ1) is 21.1. The summed E-state index contributed by atoms with van der Waals surface area (Å²) in [5, 5.41) is 6.23. The van der Waals surface area contributed by atoms with Crippen molar-refractivity contribution in [2.24, 2.45) is 7.05 Å². The van der Waals surface area contributed by atoms with E-state index in [-0.39, 0.29) is 36.3 Å². The zero-order chi connectivity index (χ0) is 31.4. The van der Waals surface area contributed by atoms with Gasteiger partial charge < -0.3 is 15.4 Å². The van der Waals surface area contributed by atoms with Crippen LogP contribution in [-0.4, -0.2) is 44.7 Å². The fourth-order valence-corrected chi connectivity index (χ4v) is 5.38. The number of amides is 2. The summed E-state index contributed by atoms with van der Waals surface area (Å²) < 4.78 is 6.92. The second-order valence-corrected chi connectivity index (χ2v) is 11.8. The van der Waals surface area contributed by atoms with Gasteiger partial charge in [0.15, 0.2) is 0 Å². The van der Waals surface area contributed by atoms with Crippen molar-refractivity contribution >= 4 is 23.6 Å². The minimum absolute atomic E-state index is 0.209. The third-order valence-electron chi connectivity index (χ3n) is 7.45. The predicted octanol–water partition coefficient (Wildman–Crippen LogP) is 5.11. The Bertz CT molecular complexity index is 1710. The highest BCUT2D eigenvalue weighted by Crippen LogP contribution is 2.34. The summed E-state index contributed by atoms with van der Waals surface area (Å²) >= 11 is 0. The molecule has 0 aliphatic carbocycles. The van der Waals surface area contributed by atoms with E-state index < -0.39 is 11.7 Å². The van der Waals surface area contributed by atoms with Crippen molar-refractivity contribution in [3.63, 3.8) is 0 Å². The van der Waals surface area contributed by atoms with Crippen molar-refractivity contribution in [2.45, 2.75) is 58.7 Å². The number of aryl methyl sites for hydroxylation is 1. The molecular formula is C34H38N6O4. The normalized spacial score (nSPS) is 13.4. The first-order valence-corrected chi connectivity index (χ1v) is 14.8. The Morgan fingerprint density at radius 3 is 2.43 bits per heavy atom. The first kappa shape index (κ1) is 30.5. The number of carbonyl (C=O) groups is 2. The van der Waals surface area contributed by atoms with E-state index in [1.165, 1.54) is 9.47 Å². The number of rotatable bonds is 9. The Morgan fingerprint density at radius 1 is 1.02 bits per heavy atom. The Hall–Kier alpha value is -4.99. The standard InChI is InChI=1S/C34H38N6O4/c1-6-23-13-10-14-25-21-40(30(41)27(23)25)29-28(24-15-17-35-18-16-24)38-32(39(5)31(29)42)36-20-26(19-22-11-8-7-9-12-22)37-33(43)44-34(2,3)4/h7-18,26H,6,19-21H2,1-5H3,(H,36,38)(H,37,43). The molecule has 3 heterocycles. The summed E-state index contributed by atoms with van der Waals surface area (Å²) in [6.45, 7) is 7.99. The van der Waals surface area contributed by atoms with Crippen LogP contribution in [0.25, 0.3) is 11.3 Å². The molecule has 4 aromatic rings. The summed E-state index contributed by atoms with van der Waals surface area (Å²) in [6, 6.07) is 18.8. The Labute approximate surface area is 257 Å². The van der Waals surface area contributed by atoms with Crippen LogP contribution in [0, 0.1) is 0 Å². The molecule has 228 valence electrons. The molecule has 1 atom stereocenters. The predicted molar refractivity (Wildman–Crippen MR) is 171 cm³/mol. The van der Waals surface area contributed by atoms with Gasteiger partial charge in [0.2, 0.25) is 5.95 Å². The maximum Gasteiger partial charge on any atom is 0.407 e. The Balaban J connectivity index is 1.50. The van der Waals surface area contributed by atoms with Crippen molar-refractivity contribution in [3.05, 3.63) is 106 Å². The molecule has 0 saturated carbocycles. The summed E-state index contributed by atoms with van der Waals surface area (Å²) in [5.74, 6) is 0.0878. The smallest absolute Gasteiger partial charge is 0.407 e. The highest BCUT2D eigenvalue weighted by atomic mass is 16.6. The van der Waals surface area contributed by atoms with Crippen LogP contribution in [0.2, 0.25) is 0 Å². The number of carbonyl (C=O) groups excluding carboxylic acids is 2. The van der Waals surface area contributed by atoms with Crippen LogP contribution in [0.15, 0.2) is 77.9 Å². The van der Waals surface area contributed by atoms with Gasteiger partial charge in [-0.25, -0.2) is 9.78 Å². The molecule has 10 heteroatoms.